The molecule has 0 aliphatic carbocycles. The first-order valence-electron chi connectivity index (χ1n) is 9.59. The van der Waals surface area contributed by atoms with E-state index >= 15 is 0 Å². The average Bonchev–Trinajstić information content (AvgIpc) is 3.37. The summed E-state index contributed by atoms with van der Waals surface area (Å²) in [6.45, 7) is 1.06. The Bertz CT molecular complexity index is 1110. The van der Waals surface area contributed by atoms with Crippen LogP contribution in [0.5, 0.6) is 0 Å². The summed E-state index contributed by atoms with van der Waals surface area (Å²) in [5.74, 6) is 0.106. The van der Waals surface area contributed by atoms with E-state index in [0.717, 1.165) is 5.69 Å². The zero-order chi connectivity index (χ0) is 22.0. The van der Waals surface area contributed by atoms with Crippen molar-refractivity contribution in [2.75, 3.05) is 20.3 Å². The van der Waals surface area contributed by atoms with E-state index < -0.39 is 5.97 Å². The molecule has 0 radical (unpaired) electrons. The lowest BCUT2D eigenvalue weighted by atomic mass is 10.0. The van der Waals surface area contributed by atoms with E-state index in [9.17, 15) is 9.90 Å². The molecule has 0 spiro atoms. The second kappa shape index (κ2) is 9.05. The molecule has 31 heavy (non-hydrogen) atoms. The van der Waals surface area contributed by atoms with Gasteiger partial charge in [-0.1, -0.05) is 17.7 Å². The number of methoxy groups -OCH3 is 1. The number of benzene rings is 1. The number of hydrogen-bond acceptors (Lipinski definition) is 5. The number of aromatic carboxylic acids is 1. The van der Waals surface area contributed by atoms with Gasteiger partial charge >= 0.3 is 5.97 Å². The second-order valence-electron chi connectivity index (χ2n) is 7.01. The lowest BCUT2D eigenvalue weighted by Crippen LogP contribution is -2.32. The van der Waals surface area contributed by atoms with Crippen LogP contribution in [0, 0.1) is 0 Å². The molecule has 1 aliphatic rings. The number of carboxylic acid groups (broad SMARTS) is 1. The topological polar surface area (TPSA) is 87.8 Å². The first kappa shape index (κ1) is 21.3. The highest BCUT2D eigenvalue weighted by Crippen LogP contribution is 2.41. The van der Waals surface area contributed by atoms with E-state index in [-0.39, 0.29) is 17.6 Å². The molecule has 3 aromatic rings. The molecular weight excluding hydrogens is 438 g/mol. The third-order valence-corrected chi connectivity index (χ3v) is 5.81. The Morgan fingerprint density at radius 2 is 2.16 bits per heavy atom. The number of nitrogens with one attached hydrogen (secondary N) is 1. The predicted octanol–water partition coefficient (Wildman–Crippen LogP) is 4.31. The van der Waals surface area contributed by atoms with Crippen molar-refractivity contribution in [1.82, 2.24) is 15.2 Å². The molecule has 9 heteroatoms. The van der Waals surface area contributed by atoms with Gasteiger partial charge in [-0.15, -0.1) is 0 Å². The summed E-state index contributed by atoms with van der Waals surface area (Å²) < 4.78 is 11.4. The van der Waals surface area contributed by atoms with E-state index in [2.05, 4.69) is 10.3 Å². The predicted molar refractivity (Wildman–Crippen MR) is 120 cm³/mol. The number of carboxylic acids is 1. The molecule has 160 valence electrons. The summed E-state index contributed by atoms with van der Waals surface area (Å²) >= 11 is 11.9. The Kier molecular flexibility index (Phi) is 6.22. The van der Waals surface area contributed by atoms with Gasteiger partial charge < -0.3 is 24.5 Å². The van der Waals surface area contributed by atoms with Crippen LogP contribution in [0.25, 0.3) is 11.3 Å². The van der Waals surface area contributed by atoms with Gasteiger partial charge in [0.2, 0.25) is 0 Å². The number of hydrogen-bond donors (Lipinski definition) is 2. The van der Waals surface area contributed by atoms with Crippen molar-refractivity contribution in [2.45, 2.75) is 12.1 Å². The van der Waals surface area contributed by atoms with Crippen molar-refractivity contribution in [3.05, 3.63) is 76.8 Å². The van der Waals surface area contributed by atoms with Crippen LogP contribution in [0.4, 0.5) is 0 Å². The number of thiocarbonyl (C=S) groups is 1. The van der Waals surface area contributed by atoms with Crippen molar-refractivity contribution < 1.29 is 19.1 Å². The maximum Gasteiger partial charge on any atom is 0.335 e. The number of ether oxygens (including phenoxy) is 1. The molecule has 1 aliphatic heterocycles. The van der Waals surface area contributed by atoms with Gasteiger partial charge in [0, 0.05) is 25.4 Å². The van der Waals surface area contributed by atoms with Gasteiger partial charge in [0.25, 0.3) is 0 Å². The molecule has 2 aromatic heterocycles. The highest BCUT2D eigenvalue weighted by atomic mass is 35.5. The van der Waals surface area contributed by atoms with Crippen LogP contribution >= 0.6 is 23.8 Å². The summed E-state index contributed by atoms with van der Waals surface area (Å²) in [5.41, 5.74) is 1.48. The van der Waals surface area contributed by atoms with Gasteiger partial charge in [-0.3, -0.25) is 4.98 Å². The fraction of sp³-hybridized carbons (Fsp3) is 0.227. The van der Waals surface area contributed by atoms with Crippen LogP contribution in [0.15, 0.2) is 59.1 Å². The standard InChI is InChI=1S/C22H20ClN3O4S/c1-29-11-10-26-20(19(25-22(26)31)16-4-2-3-9-24-16)18-8-7-17(30-18)14-12-13(21(27)28)5-6-15(14)23/h2-9,12,19-20H,10-11H2,1H3,(H,25,31)(H,27,28)/t19-,20+/m1/s1. The highest BCUT2D eigenvalue weighted by molar-refractivity contribution is 7.80. The molecule has 2 atom stereocenters. The van der Waals surface area contributed by atoms with Crippen molar-refractivity contribution in [3.63, 3.8) is 0 Å². The summed E-state index contributed by atoms with van der Waals surface area (Å²) in [6.07, 6.45) is 1.74. The molecule has 3 heterocycles. The fourth-order valence-electron chi connectivity index (χ4n) is 3.65. The SMILES string of the molecule is COCCN1C(=S)N[C@H](c2ccccn2)[C@@H]1c1ccc(-c2cc(C(=O)O)ccc2Cl)o1. The number of carbonyl (C=O) groups is 1. The molecule has 1 saturated heterocycles. The van der Waals surface area contributed by atoms with Crippen LogP contribution in [-0.2, 0) is 4.74 Å². The van der Waals surface area contributed by atoms with E-state index in [4.69, 9.17) is 33.0 Å². The van der Waals surface area contributed by atoms with Gasteiger partial charge in [0.15, 0.2) is 5.11 Å². The summed E-state index contributed by atoms with van der Waals surface area (Å²) in [4.78, 5) is 17.9. The number of furan rings is 1. The molecule has 0 bridgehead atoms. The van der Waals surface area contributed by atoms with Gasteiger partial charge in [-0.25, -0.2) is 4.79 Å². The monoisotopic (exact) mass is 457 g/mol. The smallest absolute Gasteiger partial charge is 0.335 e. The summed E-state index contributed by atoms with van der Waals surface area (Å²) in [6, 6.07) is 13.4. The third-order valence-electron chi connectivity index (χ3n) is 5.13. The lowest BCUT2D eigenvalue weighted by Gasteiger charge is -2.25. The second-order valence-corrected chi connectivity index (χ2v) is 7.81. The summed E-state index contributed by atoms with van der Waals surface area (Å²) in [7, 11) is 1.64. The van der Waals surface area contributed by atoms with Crippen molar-refractivity contribution in [1.29, 1.82) is 0 Å². The average molecular weight is 458 g/mol. The van der Waals surface area contributed by atoms with Crippen molar-refractivity contribution in [3.8, 4) is 11.3 Å². The number of rotatable bonds is 7. The van der Waals surface area contributed by atoms with Crippen molar-refractivity contribution >= 4 is 34.9 Å². The number of aromatic nitrogens is 1. The quantitative estimate of drug-likeness (QED) is 0.507. The molecule has 0 amide bonds. The Balaban J connectivity index is 1.74. The van der Waals surface area contributed by atoms with Crippen LogP contribution in [0.2, 0.25) is 5.02 Å². The van der Waals surface area contributed by atoms with E-state index in [1.807, 2.05) is 29.2 Å². The van der Waals surface area contributed by atoms with Crippen LogP contribution < -0.4 is 5.32 Å². The van der Waals surface area contributed by atoms with E-state index in [0.29, 0.717) is 40.4 Å². The molecule has 4 rings (SSSR count). The molecule has 0 unspecified atom stereocenters. The largest absolute Gasteiger partial charge is 0.478 e. The summed E-state index contributed by atoms with van der Waals surface area (Å²) in [5, 5.41) is 13.6. The van der Waals surface area contributed by atoms with Gasteiger partial charge in [0.1, 0.15) is 17.6 Å². The van der Waals surface area contributed by atoms with Crippen LogP contribution in [-0.4, -0.2) is 46.3 Å². The van der Waals surface area contributed by atoms with E-state index in [1.54, 1.807) is 25.4 Å². The van der Waals surface area contributed by atoms with Gasteiger partial charge in [-0.05, 0) is 54.7 Å². The minimum absolute atomic E-state index is 0.133. The zero-order valence-corrected chi connectivity index (χ0v) is 18.2. The van der Waals surface area contributed by atoms with Gasteiger partial charge in [0.05, 0.1) is 28.9 Å². The lowest BCUT2D eigenvalue weighted by molar-refractivity contribution is 0.0697. The maximum atomic E-state index is 11.4. The number of nitrogens with zero attached hydrogens (tertiary/aromatic N) is 2. The molecule has 7 nitrogen and oxygen atoms in total. The molecule has 2 N–H and O–H groups in total. The Morgan fingerprint density at radius 1 is 1.32 bits per heavy atom. The first-order chi connectivity index (χ1) is 15.0. The normalized spacial score (nSPS) is 18.3. The maximum absolute atomic E-state index is 11.4. The highest BCUT2D eigenvalue weighted by Gasteiger charge is 2.41. The van der Waals surface area contributed by atoms with Crippen LogP contribution in [0.3, 0.4) is 0 Å². The first-order valence-corrected chi connectivity index (χ1v) is 10.4. The molecule has 1 aromatic carbocycles. The molecular formula is C22H20ClN3O4S. The number of halogens is 1. The minimum Gasteiger partial charge on any atom is -0.478 e. The van der Waals surface area contributed by atoms with Crippen molar-refractivity contribution in [2.24, 2.45) is 0 Å². The zero-order valence-electron chi connectivity index (χ0n) is 16.6. The fourth-order valence-corrected chi connectivity index (χ4v) is 4.19. The Labute approximate surface area is 189 Å². The minimum atomic E-state index is -1.03. The van der Waals surface area contributed by atoms with Crippen LogP contribution in [0.1, 0.15) is 33.9 Å². The molecule has 0 saturated carbocycles. The third kappa shape index (κ3) is 4.27. The molecule has 1 fully saturated rings. The Morgan fingerprint density at radius 3 is 2.87 bits per heavy atom. The Hall–Kier alpha value is -2.94. The number of pyridine rings is 1. The van der Waals surface area contributed by atoms with E-state index in [1.165, 1.54) is 12.1 Å². The van der Waals surface area contributed by atoms with Gasteiger partial charge in [-0.2, -0.15) is 0 Å².